The normalized spacial score (nSPS) is 14.1. The fraction of sp³-hybridized carbons (Fsp3) is 0.312. The van der Waals surface area contributed by atoms with E-state index in [1.165, 1.54) is 4.90 Å². The molecule has 3 heteroatoms. The van der Waals surface area contributed by atoms with E-state index in [9.17, 15) is 9.90 Å². The molecule has 2 atom stereocenters. The van der Waals surface area contributed by atoms with Crippen molar-refractivity contribution in [3.63, 3.8) is 0 Å². The van der Waals surface area contributed by atoms with Crippen LogP contribution < -0.4 is 0 Å². The van der Waals surface area contributed by atoms with E-state index in [2.05, 4.69) is 0 Å². The smallest absolute Gasteiger partial charge is 0.227 e. The van der Waals surface area contributed by atoms with Crippen LogP contribution in [0.3, 0.4) is 0 Å². The lowest BCUT2D eigenvalue weighted by atomic mass is 9.94. The summed E-state index contributed by atoms with van der Waals surface area (Å²) in [6, 6.07) is 13.8. The number of carbonyl (C=O) groups is 1. The number of rotatable bonds is 3. The van der Waals surface area contributed by atoms with Gasteiger partial charge in [-0.05, 0) is 22.4 Å². The van der Waals surface area contributed by atoms with E-state index < -0.39 is 12.0 Å². The second kappa shape index (κ2) is 5.41. The first kappa shape index (κ1) is 13.6. The van der Waals surface area contributed by atoms with E-state index in [-0.39, 0.29) is 5.91 Å². The lowest BCUT2D eigenvalue weighted by Gasteiger charge is -2.22. The molecule has 100 valence electrons. The fourth-order valence-electron chi connectivity index (χ4n) is 2.22. The van der Waals surface area contributed by atoms with Crippen LogP contribution >= 0.6 is 0 Å². The van der Waals surface area contributed by atoms with Crippen molar-refractivity contribution < 1.29 is 9.90 Å². The zero-order valence-corrected chi connectivity index (χ0v) is 11.5. The Morgan fingerprint density at radius 2 is 1.74 bits per heavy atom. The number of hydrogen-bond acceptors (Lipinski definition) is 2. The average molecular weight is 257 g/mol. The van der Waals surface area contributed by atoms with Crippen molar-refractivity contribution in [2.75, 3.05) is 14.1 Å². The zero-order chi connectivity index (χ0) is 14.0. The van der Waals surface area contributed by atoms with Crippen LogP contribution in [0, 0.1) is 5.92 Å². The highest BCUT2D eigenvalue weighted by atomic mass is 16.3. The van der Waals surface area contributed by atoms with E-state index in [1.54, 1.807) is 21.0 Å². The van der Waals surface area contributed by atoms with Gasteiger partial charge in [-0.25, -0.2) is 0 Å². The third-order valence-electron chi connectivity index (χ3n) is 3.42. The fourth-order valence-corrected chi connectivity index (χ4v) is 2.22. The molecule has 0 aliphatic rings. The van der Waals surface area contributed by atoms with Crippen molar-refractivity contribution in [1.29, 1.82) is 0 Å². The molecule has 0 fully saturated rings. The molecule has 0 radical (unpaired) electrons. The van der Waals surface area contributed by atoms with Crippen molar-refractivity contribution in [2.24, 2.45) is 5.92 Å². The molecule has 2 rings (SSSR count). The van der Waals surface area contributed by atoms with Crippen LogP contribution in [-0.4, -0.2) is 30.0 Å². The van der Waals surface area contributed by atoms with E-state index in [4.69, 9.17) is 0 Å². The molecule has 0 spiro atoms. The Balaban J connectivity index is 2.31. The maximum absolute atomic E-state index is 11.9. The maximum atomic E-state index is 11.9. The Hall–Kier alpha value is -1.87. The van der Waals surface area contributed by atoms with Gasteiger partial charge < -0.3 is 10.0 Å². The highest BCUT2D eigenvalue weighted by molar-refractivity contribution is 5.83. The zero-order valence-electron chi connectivity index (χ0n) is 11.5. The molecule has 0 saturated heterocycles. The largest absolute Gasteiger partial charge is 0.388 e. The van der Waals surface area contributed by atoms with Gasteiger partial charge in [-0.1, -0.05) is 43.3 Å². The quantitative estimate of drug-likeness (QED) is 0.918. The average Bonchev–Trinajstić information content (AvgIpc) is 2.44. The minimum absolute atomic E-state index is 0.0688. The summed E-state index contributed by atoms with van der Waals surface area (Å²) >= 11 is 0. The summed E-state index contributed by atoms with van der Waals surface area (Å²) in [6.07, 6.45) is -0.778. The number of nitrogens with zero attached hydrogens (tertiary/aromatic N) is 1. The Morgan fingerprint density at radius 3 is 2.37 bits per heavy atom. The van der Waals surface area contributed by atoms with Gasteiger partial charge in [-0.2, -0.15) is 0 Å². The van der Waals surface area contributed by atoms with Crippen LogP contribution in [0.25, 0.3) is 10.8 Å². The standard InChI is InChI=1S/C16H19NO2/c1-11(16(19)17(2)3)15(18)14-9-8-12-6-4-5-7-13(12)10-14/h4-11,15,18H,1-3H3/t11-,15+/m1/s1. The minimum Gasteiger partial charge on any atom is -0.388 e. The van der Waals surface area contributed by atoms with Gasteiger partial charge in [0.1, 0.15) is 0 Å². The van der Waals surface area contributed by atoms with Crippen molar-refractivity contribution >= 4 is 16.7 Å². The molecule has 3 nitrogen and oxygen atoms in total. The lowest BCUT2D eigenvalue weighted by molar-refractivity contribution is -0.136. The van der Waals surface area contributed by atoms with Crippen LogP contribution in [0.4, 0.5) is 0 Å². The van der Waals surface area contributed by atoms with Gasteiger partial charge in [0.05, 0.1) is 12.0 Å². The predicted octanol–water partition coefficient (Wildman–Crippen LogP) is 2.60. The molecular weight excluding hydrogens is 238 g/mol. The molecule has 1 amide bonds. The molecule has 2 aromatic carbocycles. The first-order valence-electron chi connectivity index (χ1n) is 6.38. The molecular formula is C16H19NO2. The SMILES string of the molecule is C[C@@H](C(=O)N(C)C)[C@H](O)c1ccc2ccccc2c1. The molecule has 0 aliphatic carbocycles. The van der Waals surface area contributed by atoms with Crippen molar-refractivity contribution in [3.8, 4) is 0 Å². The molecule has 0 saturated carbocycles. The van der Waals surface area contributed by atoms with Crippen molar-refractivity contribution in [3.05, 3.63) is 48.0 Å². The second-order valence-corrected chi connectivity index (χ2v) is 5.07. The molecule has 2 aromatic rings. The molecule has 0 bridgehead atoms. The van der Waals surface area contributed by atoms with Crippen LogP contribution in [0.1, 0.15) is 18.6 Å². The number of fused-ring (bicyclic) bond motifs is 1. The minimum atomic E-state index is -0.778. The third kappa shape index (κ3) is 2.76. The van der Waals surface area contributed by atoms with Gasteiger partial charge in [0.2, 0.25) is 5.91 Å². The molecule has 0 heterocycles. The highest BCUT2D eigenvalue weighted by Crippen LogP contribution is 2.26. The monoisotopic (exact) mass is 257 g/mol. The summed E-state index contributed by atoms with van der Waals surface area (Å²) in [4.78, 5) is 13.4. The van der Waals surface area contributed by atoms with Crippen LogP contribution in [-0.2, 0) is 4.79 Å². The van der Waals surface area contributed by atoms with E-state index >= 15 is 0 Å². The molecule has 19 heavy (non-hydrogen) atoms. The summed E-state index contributed by atoms with van der Waals surface area (Å²) in [5.74, 6) is -0.517. The Bertz CT molecular complexity index is 592. The van der Waals surface area contributed by atoms with Gasteiger partial charge in [-0.15, -0.1) is 0 Å². The van der Waals surface area contributed by atoms with Crippen LogP contribution in [0.2, 0.25) is 0 Å². The number of carbonyl (C=O) groups excluding carboxylic acids is 1. The number of aliphatic hydroxyl groups is 1. The number of benzene rings is 2. The predicted molar refractivity (Wildman–Crippen MR) is 76.8 cm³/mol. The van der Waals surface area contributed by atoms with Gasteiger partial charge in [0.25, 0.3) is 0 Å². The molecule has 0 aliphatic heterocycles. The lowest BCUT2D eigenvalue weighted by Crippen LogP contribution is -2.31. The van der Waals surface area contributed by atoms with E-state index in [0.717, 1.165) is 16.3 Å². The van der Waals surface area contributed by atoms with Crippen LogP contribution in [0.15, 0.2) is 42.5 Å². The number of hydrogen-bond donors (Lipinski definition) is 1. The first-order valence-corrected chi connectivity index (χ1v) is 6.38. The van der Waals surface area contributed by atoms with E-state index in [0.29, 0.717) is 0 Å². The Kier molecular flexibility index (Phi) is 3.86. The topological polar surface area (TPSA) is 40.5 Å². The summed E-state index contributed by atoms with van der Waals surface area (Å²) < 4.78 is 0. The number of amides is 1. The number of aliphatic hydroxyl groups excluding tert-OH is 1. The highest BCUT2D eigenvalue weighted by Gasteiger charge is 2.24. The Morgan fingerprint density at radius 1 is 1.11 bits per heavy atom. The van der Waals surface area contributed by atoms with Crippen molar-refractivity contribution in [2.45, 2.75) is 13.0 Å². The van der Waals surface area contributed by atoms with Crippen LogP contribution in [0.5, 0.6) is 0 Å². The summed E-state index contributed by atoms with van der Waals surface area (Å²) in [7, 11) is 3.40. The van der Waals surface area contributed by atoms with E-state index in [1.807, 2.05) is 42.5 Å². The Labute approximate surface area is 113 Å². The summed E-state index contributed by atoms with van der Waals surface area (Å²) in [6.45, 7) is 1.75. The maximum Gasteiger partial charge on any atom is 0.227 e. The van der Waals surface area contributed by atoms with Crippen molar-refractivity contribution in [1.82, 2.24) is 4.90 Å². The molecule has 0 unspecified atom stereocenters. The summed E-state index contributed by atoms with van der Waals surface area (Å²) in [5.41, 5.74) is 0.779. The molecule has 1 N–H and O–H groups in total. The third-order valence-corrected chi connectivity index (χ3v) is 3.42. The van der Waals surface area contributed by atoms with Gasteiger partial charge >= 0.3 is 0 Å². The van der Waals surface area contributed by atoms with Gasteiger partial charge in [0, 0.05) is 14.1 Å². The second-order valence-electron chi connectivity index (χ2n) is 5.07. The van der Waals surface area contributed by atoms with Gasteiger partial charge in [-0.3, -0.25) is 4.79 Å². The summed E-state index contributed by atoms with van der Waals surface area (Å²) in [5, 5.41) is 12.5. The van der Waals surface area contributed by atoms with Gasteiger partial charge in [0.15, 0.2) is 0 Å². The molecule has 0 aromatic heterocycles. The first-order chi connectivity index (χ1) is 9.00.